The molecule has 0 saturated carbocycles. The van der Waals surface area contributed by atoms with E-state index in [1.54, 1.807) is 0 Å². The minimum atomic E-state index is 0.00637. The number of benzene rings is 3. The Labute approximate surface area is 147 Å². The van der Waals surface area contributed by atoms with Crippen LogP contribution in [0.4, 0.5) is 0 Å². The summed E-state index contributed by atoms with van der Waals surface area (Å²) < 4.78 is 2.67. The summed E-state index contributed by atoms with van der Waals surface area (Å²) in [6.07, 6.45) is 0. The Bertz CT molecular complexity index is 856. The first-order valence-electron chi connectivity index (χ1n) is 6.25. The van der Waals surface area contributed by atoms with Gasteiger partial charge in [0, 0.05) is 24.5 Å². The first kappa shape index (κ1) is 14.9. The van der Waals surface area contributed by atoms with Gasteiger partial charge in [-0.15, -0.1) is 0 Å². The van der Waals surface area contributed by atoms with E-state index >= 15 is 0 Å². The summed E-state index contributed by atoms with van der Waals surface area (Å²) in [4.78, 5) is 12.9. The highest BCUT2D eigenvalue weighted by molar-refractivity contribution is 9.11. The maximum Gasteiger partial charge on any atom is 0.194 e. The predicted molar refractivity (Wildman–Crippen MR) is 96.9 cm³/mol. The average molecular weight is 469 g/mol. The number of hydrogen-bond donors (Lipinski definition) is 0. The molecule has 0 spiro atoms. The summed E-state index contributed by atoms with van der Waals surface area (Å²) >= 11 is 10.4. The minimum Gasteiger partial charge on any atom is -0.289 e. The van der Waals surface area contributed by atoms with E-state index in [2.05, 4.69) is 47.8 Å². The fraction of sp³-hybridized carbons (Fsp3) is 0. The molecule has 0 heterocycles. The van der Waals surface area contributed by atoms with Gasteiger partial charge in [-0.3, -0.25) is 4.79 Å². The smallest absolute Gasteiger partial charge is 0.194 e. The highest BCUT2D eigenvalue weighted by atomic mass is 79.9. The molecule has 21 heavy (non-hydrogen) atoms. The zero-order valence-corrected chi connectivity index (χ0v) is 15.5. The summed E-state index contributed by atoms with van der Waals surface area (Å²) in [7, 11) is 0. The number of rotatable bonds is 2. The van der Waals surface area contributed by atoms with Crippen LogP contribution in [-0.4, -0.2) is 5.78 Å². The van der Waals surface area contributed by atoms with Gasteiger partial charge in [-0.25, -0.2) is 0 Å². The molecule has 0 aromatic heterocycles. The van der Waals surface area contributed by atoms with E-state index in [0.29, 0.717) is 11.1 Å². The zero-order valence-electron chi connectivity index (χ0n) is 10.7. The van der Waals surface area contributed by atoms with Crippen LogP contribution in [0, 0.1) is 0 Å². The van der Waals surface area contributed by atoms with Crippen LogP contribution in [0.5, 0.6) is 0 Å². The van der Waals surface area contributed by atoms with Crippen LogP contribution in [0.25, 0.3) is 10.8 Å². The molecule has 3 aromatic carbocycles. The molecule has 0 radical (unpaired) electrons. The molecule has 0 atom stereocenters. The van der Waals surface area contributed by atoms with E-state index < -0.39 is 0 Å². The molecule has 0 fully saturated rings. The van der Waals surface area contributed by atoms with Crippen molar-refractivity contribution in [3.05, 3.63) is 79.1 Å². The highest BCUT2D eigenvalue weighted by Gasteiger charge is 2.16. The Hall–Kier alpha value is -0.970. The molecule has 0 saturated heterocycles. The third-order valence-corrected chi connectivity index (χ3v) is 5.16. The molecule has 0 aliphatic carbocycles. The van der Waals surface area contributed by atoms with Crippen molar-refractivity contribution in [2.24, 2.45) is 0 Å². The van der Waals surface area contributed by atoms with Crippen LogP contribution >= 0.6 is 47.8 Å². The van der Waals surface area contributed by atoms with Gasteiger partial charge in [0.2, 0.25) is 0 Å². The summed E-state index contributed by atoms with van der Waals surface area (Å²) in [5.74, 6) is 0.00637. The normalized spacial score (nSPS) is 10.8. The number of carbonyl (C=O) groups excluding carboxylic acids is 1. The van der Waals surface area contributed by atoms with Crippen molar-refractivity contribution < 1.29 is 4.79 Å². The average Bonchev–Trinajstić information content (AvgIpc) is 2.50. The van der Waals surface area contributed by atoms with Crippen LogP contribution in [-0.2, 0) is 0 Å². The molecule has 104 valence electrons. The summed E-state index contributed by atoms with van der Waals surface area (Å²) in [6.45, 7) is 0. The van der Waals surface area contributed by atoms with Crippen molar-refractivity contribution in [2.45, 2.75) is 0 Å². The lowest BCUT2D eigenvalue weighted by Crippen LogP contribution is -2.03. The van der Waals surface area contributed by atoms with Crippen molar-refractivity contribution in [1.29, 1.82) is 0 Å². The quantitative estimate of drug-likeness (QED) is 0.400. The van der Waals surface area contributed by atoms with Gasteiger partial charge >= 0.3 is 0 Å². The summed E-state index contributed by atoms with van der Waals surface area (Å²) in [5.41, 5.74) is 1.35. The Kier molecular flexibility index (Phi) is 4.29. The first-order valence-corrected chi connectivity index (χ1v) is 8.63. The fourth-order valence-corrected chi connectivity index (χ4v) is 3.54. The topological polar surface area (TPSA) is 17.1 Å². The highest BCUT2D eigenvalue weighted by Crippen LogP contribution is 2.30. The molecule has 3 aromatic rings. The van der Waals surface area contributed by atoms with Gasteiger partial charge in [-0.1, -0.05) is 72.1 Å². The molecule has 1 nitrogen and oxygen atoms in total. The molecule has 0 aliphatic heterocycles. The van der Waals surface area contributed by atoms with E-state index in [1.807, 2.05) is 54.6 Å². The molecule has 0 unspecified atom stereocenters. The molecular formula is C17H9Br3O. The third-order valence-electron chi connectivity index (χ3n) is 3.29. The molecule has 0 aliphatic rings. The van der Waals surface area contributed by atoms with Crippen molar-refractivity contribution in [1.82, 2.24) is 0 Å². The second-order valence-corrected chi connectivity index (χ2v) is 7.22. The van der Waals surface area contributed by atoms with Crippen LogP contribution in [0.1, 0.15) is 15.9 Å². The van der Waals surface area contributed by atoms with E-state index in [-0.39, 0.29) is 5.78 Å². The monoisotopic (exact) mass is 466 g/mol. The maximum absolute atomic E-state index is 12.9. The van der Waals surface area contributed by atoms with Crippen molar-refractivity contribution in [3.8, 4) is 0 Å². The lowest BCUT2D eigenvalue weighted by atomic mass is 9.97. The zero-order chi connectivity index (χ0) is 15.0. The van der Waals surface area contributed by atoms with Gasteiger partial charge < -0.3 is 0 Å². The minimum absolute atomic E-state index is 0.00637. The number of fused-ring (bicyclic) bond motifs is 1. The molecule has 3 rings (SSSR count). The third kappa shape index (κ3) is 2.85. The van der Waals surface area contributed by atoms with Gasteiger partial charge in [0.15, 0.2) is 5.78 Å². The molecule has 0 N–H and O–H groups in total. The number of halogens is 3. The largest absolute Gasteiger partial charge is 0.289 e. The number of hydrogen-bond acceptors (Lipinski definition) is 1. The Morgan fingerprint density at radius 2 is 1.38 bits per heavy atom. The Morgan fingerprint density at radius 1 is 0.714 bits per heavy atom. The van der Waals surface area contributed by atoms with Gasteiger partial charge in [0.1, 0.15) is 0 Å². The van der Waals surface area contributed by atoms with E-state index in [4.69, 9.17) is 0 Å². The van der Waals surface area contributed by atoms with Crippen LogP contribution in [0.15, 0.2) is 68.0 Å². The lowest BCUT2D eigenvalue weighted by Gasteiger charge is -2.09. The molecule has 0 bridgehead atoms. The molecule has 0 amide bonds. The van der Waals surface area contributed by atoms with E-state index in [1.165, 1.54) is 0 Å². The van der Waals surface area contributed by atoms with E-state index in [9.17, 15) is 4.79 Å². The van der Waals surface area contributed by atoms with E-state index in [0.717, 1.165) is 24.2 Å². The lowest BCUT2D eigenvalue weighted by molar-refractivity contribution is 0.103. The van der Waals surface area contributed by atoms with Crippen LogP contribution in [0.2, 0.25) is 0 Å². The maximum atomic E-state index is 12.9. The standard InChI is InChI=1S/C17H9Br3O/c18-10-5-7-16(20)14(9-10)17(21)13-6-8-15(19)12-4-2-1-3-11(12)13/h1-9H. The van der Waals surface area contributed by atoms with Crippen molar-refractivity contribution >= 4 is 64.3 Å². The second-order valence-electron chi connectivity index (χ2n) is 4.59. The van der Waals surface area contributed by atoms with Crippen LogP contribution in [0.3, 0.4) is 0 Å². The predicted octanol–water partition coefficient (Wildman–Crippen LogP) is 6.36. The number of ketones is 1. The Morgan fingerprint density at radius 3 is 2.14 bits per heavy atom. The number of carbonyl (C=O) groups is 1. The SMILES string of the molecule is O=C(c1cc(Br)ccc1Br)c1ccc(Br)c2ccccc12. The fourth-order valence-electron chi connectivity index (χ4n) is 2.28. The first-order chi connectivity index (χ1) is 10.1. The molecular weight excluding hydrogens is 460 g/mol. The van der Waals surface area contributed by atoms with Gasteiger partial charge in [-0.05, 0) is 41.1 Å². The Balaban J connectivity index is 2.23. The second kappa shape index (κ2) is 6.03. The van der Waals surface area contributed by atoms with Gasteiger partial charge in [-0.2, -0.15) is 0 Å². The van der Waals surface area contributed by atoms with Crippen LogP contribution < -0.4 is 0 Å². The molecule has 4 heteroatoms. The van der Waals surface area contributed by atoms with Crippen molar-refractivity contribution in [2.75, 3.05) is 0 Å². The van der Waals surface area contributed by atoms with Gasteiger partial charge in [0.25, 0.3) is 0 Å². The summed E-state index contributed by atoms with van der Waals surface area (Å²) in [6, 6.07) is 17.3. The summed E-state index contributed by atoms with van der Waals surface area (Å²) in [5, 5.41) is 1.98. The van der Waals surface area contributed by atoms with Crippen molar-refractivity contribution in [3.63, 3.8) is 0 Å². The van der Waals surface area contributed by atoms with Gasteiger partial charge in [0.05, 0.1) is 0 Å².